The highest BCUT2D eigenvalue weighted by Gasteiger charge is 2.31. The summed E-state index contributed by atoms with van der Waals surface area (Å²) in [4.78, 5) is 12.2. The first-order valence-electron chi connectivity index (χ1n) is 7.45. The van der Waals surface area contributed by atoms with Crippen LogP contribution in [0.5, 0.6) is 0 Å². The predicted molar refractivity (Wildman–Crippen MR) is 87.1 cm³/mol. The number of hydrogen-bond donors (Lipinski definition) is 2. The fourth-order valence-corrected chi connectivity index (χ4v) is 2.92. The number of carbonyl (C=O) groups is 1. The molecule has 0 saturated heterocycles. The van der Waals surface area contributed by atoms with Gasteiger partial charge in [0.15, 0.2) is 0 Å². The maximum absolute atomic E-state index is 12.2. The summed E-state index contributed by atoms with van der Waals surface area (Å²) in [6.45, 7) is 1.91. The van der Waals surface area contributed by atoms with Crippen molar-refractivity contribution >= 4 is 11.5 Å². The zero-order valence-corrected chi connectivity index (χ0v) is 12.5. The van der Waals surface area contributed by atoms with E-state index in [0.29, 0.717) is 6.42 Å². The van der Waals surface area contributed by atoms with E-state index in [4.69, 9.17) is 0 Å². The maximum atomic E-state index is 12.2. The highest BCUT2D eigenvalue weighted by molar-refractivity contribution is 5.95. The van der Waals surface area contributed by atoms with Crippen molar-refractivity contribution in [1.82, 2.24) is 5.32 Å². The van der Waals surface area contributed by atoms with Crippen LogP contribution in [-0.4, -0.2) is 17.1 Å². The van der Waals surface area contributed by atoms with Crippen LogP contribution in [-0.2, 0) is 11.2 Å². The van der Waals surface area contributed by atoms with Crippen LogP contribution in [0.15, 0.2) is 60.7 Å². The monoisotopic (exact) mass is 293 g/mol. The van der Waals surface area contributed by atoms with Crippen molar-refractivity contribution in [2.45, 2.75) is 25.5 Å². The third-order valence-corrected chi connectivity index (χ3v) is 4.08. The molecule has 1 aliphatic rings. The molecule has 3 nitrogen and oxygen atoms in total. The van der Waals surface area contributed by atoms with Gasteiger partial charge < -0.3 is 10.4 Å². The molecule has 2 aromatic rings. The summed E-state index contributed by atoms with van der Waals surface area (Å²) in [5.41, 5.74) is 4.03. The zero-order chi connectivity index (χ0) is 15.5. The summed E-state index contributed by atoms with van der Waals surface area (Å²) in [6, 6.07) is 17.3. The van der Waals surface area contributed by atoms with Crippen LogP contribution in [0, 0.1) is 0 Å². The quantitative estimate of drug-likeness (QED) is 0.855. The SMILES string of the molecule is C/C(=C/C(=O)N[C@@H]1c2ccccc2C[C@@H]1O)c1ccccc1. The Morgan fingerprint density at radius 2 is 1.82 bits per heavy atom. The molecule has 2 atom stereocenters. The van der Waals surface area contributed by atoms with Gasteiger partial charge in [0.1, 0.15) is 0 Å². The first-order valence-corrected chi connectivity index (χ1v) is 7.45. The fourth-order valence-electron chi connectivity index (χ4n) is 2.92. The Hall–Kier alpha value is -2.39. The van der Waals surface area contributed by atoms with E-state index in [2.05, 4.69) is 5.32 Å². The lowest BCUT2D eigenvalue weighted by Crippen LogP contribution is -2.32. The molecule has 22 heavy (non-hydrogen) atoms. The van der Waals surface area contributed by atoms with Gasteiger partial charge in [0.05, 0.1) is 12.1 Å². The van der Waals surface area contributed by atoms with Gasteiger partial charge in [-0.05, 0) is 29.2 Å². The van der Waals surface area contributed by atoms with Gasteiger partial charge in [-0.15, -0.1) is 0 Å². The van der Waals surface area contributed by atoms with Gasteiger partial charge in [0.25, 0.3) is 0 Å². The lowest BCUT2D eigenvalue weighted by molar-refractivity contribution is -0.117. The average Bonchev–Trinajstić information content (AvgIpc) is 2.84. The lowest BCUT2D eigenvalue weighted by Gasteiger charge is -2.17. The van der Waals surface area contributed by atoms with E-state index < -0.39 is 6.10 Å². The highest BCUT2D eigenvalue weighted by Crippen LogP contribution is 2.31. The van der Waals surface area contributed by atoms with Gasteiger partial charge in [0, 0.05) is 12.5 Å². The van der Waals surface area contributed by atoms with E-state index in [1.807, 2.05) is 61.5 Å². The van der Waals surface area contributed by atoms with Crippen molar-refractivity contribution < 1.29 is 9.90 Å². The topological polar surface area (TPSA) is 49.3 Å². The summed E-state index contributed by atoms with van der Waals surface area (Å²) in [7, 11) is 0. The molecule has 0 aliphatic heterocycles. The minimum absolute atomic E-state index is 0.179. The zero-order valence-electron chi connectivity index (χ0n) is 12.5. The number of carbonyl (C=O) groups excluding carboxylic acids is 1. The first kappa shape index (κ1) is 14.5. The van der Waals surface area contributed by atoms with E-state index in [0.717, 1.165) is 22.3 Å². The van der Waals surface area contributed by atoms with Crippen molar-refractivity contribution in [2.24, 2.45) is 0 Å². The number of hydrogen-bond acceptors (Lipinski definition) is 2. The molecule has 0 heterocycles. The number of nitrogens with one attached hydrogen (secondary N) is 1. The molecule has 0 saturated carbocycles. The summed E-state index contributed by atoms with van der Waals surface area (Å²) < 4.78 is 0. The van der Waals surface area contributed by atoms with Crippen LogP contribution in [0.2, 0.25) is 0 Å². The third-order valence-electron chi connectivity index (χ3n) is 4.08. The van der Waals surface area contributed by atoms with Crippen molar-refractivity contribution in [3.05, 3.63) is 77.4 Å². The fraction of sp³-hybridized carbons (Fsp3) is 0.211. The van der Waals surface area contributed by atoms with Crippen LogP contribution in [0.4, 0.5) is 0 Å². The summed E-state index contributed by atoms with van der Waals surface area (Å²) in [5.74, 6) is -0.179. The lowest BCUT2D eigenvalue weighted by atomic mass is 10.1. The van der Waals surface area contributed by atoms with Crippen molar-refractivity contribution in [2.75, 3.05) is 0 Å². The molecule has 2 aromatic carbocycles. The van der Waals surface area contributed by atoms with Gasteiger partial charge >= 0.3 is 0 Å². The minimum Gasteiger partial charge on any atom is -0.390 e. The molecule has 3 rings (SSSR count). The summed E-state index contributed by atoms with van der Waals surface area (Å²) in [5, 5.41) is 13.1. The second kappa shape index (κ2) is 6.16. The smallest absolute Gasteiger partial charge is 0.244 e. The van der Waals surface area contributed by atoms with E-state index in [9.17, 15) is 9.90 Å². The van der Waals surface area contributed by atoms with Gasteiger partial charge in [-0.1, -0.05) is 54.6 Å². The van der Waals surface area contributed by atoms with E-state index in [1.54, 1.807) is 6.08 Å². The van der Waals surface area contributed by atoms with Gasteiger partial charge in [0.2, 0.25) is 5.91 Å². The second-order valence-corrected chi connectivity index (χ2v) is 5.65. The average molecular weight is 293 g/mol. The number of fused-ring (bicyclic) bond motifs is 1. The van der Waals surface area contributed by atoms with Crippen LogP contribution >= 0.6 is 0 Å². The van der Waals surface area contributed by atoms with Crippen LogP contribution in [0.25, 0.3) is 5.57 Å². The molecule has 0 aromatic heterocycles. The molecule has 1 aliphatic carbocycles. The Labute approximate surface area is 130 Å². The second-order valence-electron chi connectivity index (χ2n) is 5.65. The molecule has 0 bridgehead atoms. The number of benzene rings is 2. The molecule has 0 fully saturated rings. The van der Waals surface area contributed by atoms with Crippen LogP contribution in [0.1, 0.15) is 29.7 Å². The molecule has 0 radical (unpaired) electrons. The standard InChI is InChI=1S/C19H19NO2/c1-13(14-7-3-2-4-8-14)11-18(22)20-19-16-10-6-5-9-15(16)12-17(19)21/h2-11,17,19,21H,12H2,1H3,(H,20,22)/b13-11-/t17-,19+/m0/s1. The van der Waals surface area contributed by atoms with Crippen LogP contribution < -0.4 is 5.32 Å². The number of aliphatic hydroxyl groups excluding tert-OH is 1. The van der Waals surface area contributed by atoms with Crippen molar-refractivity contribution in [1.29, 1.82) is 0 Å². The maximum Gasteiger partial charge on any atom is 0.244 e. The molecule has 3 heteroatoms. The predicted octanol–water partition coefficient (Wildman–Crippen LogP) is 2.86. The molecule has 112 valence electrons. The Kier molecular flexibility index (Phi) is 4.07. The minimum atomic E-state index is -0.563. The molecular formula is C19H19NO2. The molecule has 0 spiro atoms. The summed E-state index contributed by atoms with van der Waals surface area (Å²) >= 11 is 0. The largest absolute Gasteiger partial charge is 0.390 e. The summed E-state index contributed by atoms with van der Waals surface area (Å²) in [6.07, 6.45) is 1.61. The normalized spacial score (nSPS) is 20.5. The van der Waals surface area contributed by atoms with Gasteiger partial charge in [-0.25, -0.2) is 0 Å². The van der Waals surface area contributed by atoms with E-state index >= 15 is 0 Å². The van der Waals surface area contributed by atoms with Crippen molar-refractivity contribution in [3.63, 3.8) is 0 Å². The first-order chi connectivity index (χ1) is 10.6. The Morgan fingerprint density at radius 3 is 2.59 bits per heavy atom. The van der Waals surface area contributed by atoms with E-state index in [-0.39, 0.29) is 11.9 Å². The molecular weight excluding hydrogens is 274 g/mol. The highest BCUT2D eigenvalue weighted by atomic mass is 16.3. The molecule has 1 amide bonds. The van der Waals surface area contributed by atoms with Crippen molar-refractivity contribution in [3.8, 4) is 0 Å². The number of allylic oxidation sites excluding steroid dienone is 1. The number of amides is 1. The number of rotatable bonds is 3. The molecule has 0 unspecified atom stereocenters. The third kappa shape index (κ3) is 2.95. The Balaban J connectivity index is 1.75. The van der Waals surface area contributed by atoms with Crippen LogP contribution in [0.3, 0.4) is 0 Å². The van der Waals surface area contributed by atoms with Gasteiger partial charge in [-0.3, -0.25) is 4.79 Å². The Bertz CT molecular complexity index is 706. The van der Waals surface area contributed by atoms with Gasteiger partial charge in [-0.2, -0.15) is 0 Å². The Morgan fingerprint density at radius 1 is 1.14 bits per heavy atom. The molecule has 2 N–H and O–H groups in total. The van der Waals surface area contributed by atoms with E-state index in [1.165, 1.54) is 0 Å². The number of aliphatic hydroxyl groups is 1.